The molecule has 1 fully saturated rings. The highest BCUT2D eigenvalue weighted by molar-refractivity contribution is 5.69. The van der Waals surface area contributed by atoms with Crippen molar-refractivity contribution in [3.05, 3.63) is 30.5 Å². The summed E-state index contributed by atoms with van der Waals surface area (Å²) in [6, 6.07) is 6.70. The number of aromatic nitrogens is 2. The van der Waals surface area contributed by atoms with Crippen LogP contribution in [0, 0.1) is 5.92 Å². The topological polar surface area (TPSA) is 56.3 Å². The van der Waals surface area contributed by atoms with Gasteiger partial charge in [0.05, 0.1) is 12.7 Å². The number of nitrogens with zero attached hydrogens (tertiary/aromatic N) is 2. The van der Waals surface area contributed by atoms with E-state index < -0.39 is 6.61 Å². The van der Waals surface area contributed by atoms with Gasteiger partial charge in [-0.25, -0.2) is 4.98 Å². The van der Waals surface area contributed by atoms with E-state index in [2.05, 4.69) is 26.9 Å². The first-order valence-corrected chi connectivity index (χ1v) is 8.78. The van der Waals surface area contributed by atoms with Gasteiger partial charge in [0.25, 0.3) is 0 Å². The van der Waals surface area contributed by atoms with Crippen molar-refractivity contribution >= 4 is 5.95 Å². The van der Waals surface area contributed by atoms with E-state index in [0.717, 1.165) is 24.3 Å². The Bertz CT molecular complexity index is 717. The highest BCUT2D eigenvalue weighted by Crippen LogP contribution is 2.31. The van der Waals surface area contributed by atoms with Gasteiger partial charge in [-0.15, -0.1) is 0 Å². The van der Waals surface area contributed by atoms with E-state index >= 15 is 0 Å². The summed E-state index contributed by atoms with van der Waals surface area (Å²) in [7, 11) is 1.55. The van der Waals surface area contributed by atoms with Crippen LogP contribution in [0.4, 0.5) is 14.7 Å². The summed E-state index contributed by atoms with van der Waals surface area (Å²) in [5.74, 6) is 1.87. The molecule has 0 radical (unpaired) electrons. The molecular formula is C19H23F2N3O2. The Morgan fingerprint density at radius 3 is 2.42 bits per heavy atom. The van der Waals surface area contributed by atoms with Crippen molar-refractivity contribution in [3.8, 4) is 22.8 Å². The van der Waals surface area contributed by atoms with Crippen LogP contribution in [0.2, 0.25) is 0 Å². The van der Waals surface area contributed by atoms with Crippen molar-refractivity contribution in [3.63, 3.8) is 0 Å². The molecule has 0 saturated heterocycles. The number of hydrogen-bond acceptors (Lipinski definition) is 5. The average molecular weight is 363 g/mol. The third-order valence-electron chi connectivity index (χ3n) is 4.69. The molecule has 1 aromatic carbocycles. The lowest BCUT2D eigenvalue weighted by Crippen LogP contribution is -2.26. The third-order valence-corrected chi connectivity index (χ3v) is 4.69. The van der Waals surface area contributed by atoms with Gasteiger partial charge in [0.1, 0.15) is 5.75 Å². The van der Waals surface area contributed by atoms with Gasteiger partial charge in [0.2, 0.25) is 11.8 Å². The van der Waals surface area contributed by atoms with E-state index in [0.29, 0.717) is 23.4 Å². The van der Waals surface area contributed by atoms with Crippen molar-refractivity contribution in [2.75, 3.05) is 12.4 Å². The van der Waals surface area contributed by atoms with E-state index in [1.165, 1.54) is 25.0 Å². The highest BCUT2D eigenvalue weighted by atomic mass is 19.3. The van der Waals surface area contributed by atoms with Gasteiger partial charge in [-0.05, 0) is 49.3 Å². The summed E-state index contributed by atoms with van der Waals surface area (Å²) in [5, 5.41) is 3.38. The molecule has 1 saturated carbocycles. The summed E-state index contributed by atoms with van der Waals surface area (Å²) in [4.78, 5) is 8.85. The first-order chi connectivity index (χ1) is 12.5. The molecule has 5 nitrogen and oxygen atoms in total. The fraction of sp³-hybridized carbons (Fsp3) is 0.474. The molecule has 1 aliphatic rings. The van der Waals surface area contributed by atoms with Crippen LogP contribution in [0.5, 0.6) is 11.6 Å². The minimum atomic E-state index is -2.84. The lowest BCUT2D eigenvalue weighted by Gasteiger charge is -2.27. The van der Waals surface area contributed by atoms with E-state index in [1.54, 1.807) is 25.4 Å². The monoisotopic (exact) mass is 363 g/mol. The Balaban J connectivity index is 1.74. The van der Waals surface area contributed by atoms with Crippen LogP contribution in [0.25, 0.3) is 11.1 Å². The average Bonchev–Trinajstić information content (AvgIpc) is 2.64. The largest absolute Gasteiger partial charge is 0.480 e. The summed E-state index contributed by atoms with van der Waals surface area (Å²) in [6.45, 7) is -0.561. The van der Waals surface area contributed by atoms with Crippen LogP contribution in [0.15, 0.2) is 30.5 Å². The Hall–Kier alpha value is -2.44. The van der Waals surface area contributed by atoms with Crippen molar-refractivity contribution in [1.82, 2.24) is 9.97 Å². The molecule has 26 heavy (non-hydrogen) atoms. The van der Waals surface area contributed by atoms with Crippen molar-refractivity contribution in [2.45, 2.75) is 45.3 Å². The summed E-state index contributed by atoms with van der Waals surface area (Å²) >= 11 is 0. The van der Waals surface area contributed by atoms with Gasteiger partial charge in [0, 0.05) is 12.2 Å². The zero-order chi connectivity index (χ0) is 18.5. The van der Waals surface area contributed by atoms with Gasteiger partial charge in [-0.2, -0.15) is 13.8 Å². The minimum Gasteiger partial charge on any atom is -0.480 e. The zero-order valence-corrected chi connectivity index (χ0v) is 14.9. The molecular weight excluding hydrogens is 340 g/mol. The van der Waals surface area contributed by atoms with E-state index in [1.807, 2.05) is 0 Å². The van der Waals surface area contributed by atoms with Gasteiger partial charge >= 0.3 is 6.61 Å². The Morgan fingerprint density at radius 1 is 1.12 bits per heavy atom. The third kappa shape index (κ3) is 4.59. The number of rotatable bonds is 6. The Morgan fingerprint density at radius 2 is 1.81 bits per heavy atom. The fourth-order valence-corrected chi connectivity index (χ4v) is 3.19. The maximum absolute atomic E-state index is 12.3. The van der Waals surface area contributed by atoms with Gasteiger partial charge in [-0.3, -0.25) is 0 Å². The van der Waals surface area contributed by atoms with E-state index in [4.69, 9.17) is 4.74 Å². The number of ether oxygens (including phenoxy) is 2. The number of methoxy groups -OCH3 is 1. The lowest BCUT2D eigenvalue weighted by molar-refractivity contribution is -0.0498. The van der Waals surface area contributed by atoms with Gasteiger partial charge in [0.15, 0.2) is 0 Å². The molecule has 1 N–H and O–H groups in total. The second-order valence-corrected chi connectivity index (χ2v) is 6.62. The smallest absolute Gasteiger partial charge is 0.387 e. The molecule has 1 aliphatic carbocycles. The predicted molar refractivity (Wildman–Crippen MR) is 95.7 cm³/mol. The van der Waals surface area contributed by atoms with Crippen molar-refractivity contribution in [1.29, 1.82) is 0 Å². The normalized spacial score (nSPS) is 20.0. The summed E-state index contributed by atoms with van der Waals surface area (Å²) < 4.78 is 34.3. The van der Waals surface area contributed by atoms with Gasteiger partial charge in [-0.1, -0.05) is 19.1 Å². The Labute approximate surface area is 151 Å². The Kier molecular flexibility index (Phi) is 5.85. The van der Waals surface area contributed by atoms with Crippen LogP contribution in [0.3, 0.4) is 0 Å². The maximum Gasteiger partial charge on any atom is 0.387 e. The second-order valence-electron chi connectivity index (χ2n) is 6.62. The van der Waals surface area contributed by atoms with Crippen LogP contribution < -0.4 is 14.8 Å². The molecule has 7 heteroatoms. The SMILES string of the molecule is COc1nc(NC2CCC(C)CC2)ncc1-c1ccc(OC(F)F)cc1. The number of hydrogen-bond donors (Lipinski definition) is 1. The van der Waals surface area contributed by atoms with Crippen molar-refractivity contribution in [2.24, 2.45) is 5.92 Å². The lowest BCUT2D eigenvalue weighted by atomic mass is 9.87. The molecule has 1 heterocycles. The van der Waals surface area contributed by atoms with Crippen LogP contribution >= 0.6 is 0 Å². The van der Waals surface area contributed by atoms with Crippen LogP contribution in [-0.2, 0) is 0 Å². The van der Waals surface area contributed by atoms with Crippen LogP contribution in [0.1, 0.15) is 32.6 Å². The zero-order valence-electron chi connectivity index (χ0n) is 14.9. The number of benzene rings is 1. The highest BCUT2D eigenvalue weighted by Gasteiger charge is 2.19. The number of alkyl halides is 2. The number of nitrogens with one attached hydrogen (secondary N) is 1. The second kappa shape index (κ2) is 8.29. The quantitative estimate of drug-likeness (QED) is 0.803. The molecule has 0 amide bonds. The summed E-state index contributed by atoms with van der Waals surface area (Å²) in [5.41, 5.74) is 1.46. The molecule has 0 bridgehead atoms. The molecule has 0 spiro atoms. The van der Waals surface area contributed by atoms with Crippen molar-refractivity contribution < 1.29 is 18.3 Å². The molecule has 3 rings (SSSR count). The molecule has 0 atom stereocenters. The van der Waals surface area contributed by atoms with E-state index in [9.17, 15) is 8.78 Å². The standard InChI is InChI=1S/C19H23F2N3O2/c1-12-3-7-14(8-4-12)23-19-22-11-16(17(24-19)25-2)13-5-9-15(10-6-13)26-18(20)21/h5-6,9-12,14,18H,3-4,7-8H2,1-2H3,(H,22,23,24). The van der Waals surface area contributed by atoms with Crippen LogP contribution in [-0.4, -0.2) is 29.7 Å². The summed E-state index contributed by atoms with van der Waals surface area (Å²) in [6.07, 6.45) is 6.32. The van der Waals surface area contributed by atoms with E-state index in [-0.39, 0.29) is 5.75 Å². The van der Waals surface area contributed by atoms with Gasteiger partial charge < -0.3 is 14.8 Å². The molecule has 2 aromatic rings. The fourth-order valence-electron chi connectivity index (χ4n) is 3.19. The maximum atomic E-state index is 12.3. The first kappa shape index (κ1) is 18.4. The number of anilines is 1. The first-order valence-electron chi connectivity index (χ1n) is 8.78. The molecule has 140 valence electrons. The predicted octanol–water partition coefficient (Wildman–Crippen LogP) is 4.74. The molecule has 0 aliphatic heterocycles. The number of halogens is 2. The molecule has 0 unspecified atom stereocenters. The minimum absolute atomic E-state index is 0.105. The molecule has 1 aromatic heterocycles.